The number of ketones is 1. The van der Waals surface area contributed by atoms with Gasteiger partial charge in [-0.25, -0.2) is 9.97 Å². The number of benzene rings is 1. The summed E-state index contributed by atoms with van der Waals surface area (Å²) in [6.07, 6.45) is 0. The molecule has 0 aliphatic carbocycles. The number of aromatic amines is 1. The van der Waals surface area contributed by atoms with Gasteiger partial charge < -0.3 is 26.4 Å². The summed E-state index contributed by atoms with van der Waals surface area (Å²) in [7, 11) is 5.21. The highest BCUT2D eigenvalue weighted by Gasteiger charge is 2.36. The second kappa shape index (κ2) is 9.73. The Hall–Kier alpha value is -4.96. The first-order valence-corrected chi connectivity index (χ1v) is 12.4. The Labute approximate surface area is 224 Å². The molecule has 0 atom stereocenters. The standard InChI is InChI=1S/C26H29N11O2/c1-26(2)25(39)36(11-10-31-26)18-9-8-17-21(33-18)34-23(32-17)20(38)14-6-7-15(13-27)16(12-14)19-22(28-3)35-37(30-5)24(19)29-4/h6-9,12,29-31H,10-11H2,1-5H3,(H,28,35)(H,32,33,34). The first kappa shape index (κ1) is 25.7. The number of fused-ring (bicyclic) bond motifs is 1. The number of carbonyl (C=O) groups excluding carboxylic acids is 2. The van der Waals surface area contributed by atoms with Crippen LogP contribution in [0, 0.1) is 11.3 Å². The van der Waals surface area contributed by atoms with E-state index in [4.69, 9.17) is 0 Å². The van der Waals surface area contributed by atoms with E-state index >= 15 is 0 Å². The predicted octanol–water partition coefficient (Wildman–Crippen LogP) is 1.90. The number of piperazine rings is 1. The quantitative estimate of drug-likeness (QED) is 0.224. The van der Waals surface area contributed by atoms with Crippen LogP contribution in [0.3, 0.4) is 0 Å². The zero-order valence-corrected chi connectivity index (χ0v) is 22.3. The van der Waals surface area contributed by atoms with E-state index in [1.807, 2.05) is 13.8 Å². The van der Waals surface area contributed by atoms with Gasteiger partial charge in [0, 0.05) is 45.4 Å². The molecule has 13 heteroatoms. The monoisotopic (exact) mass is 527 g/mol. The van der Waals surface area contributed by atoms with E-state index in [9.17, 15) is 14.9 Å². The van der Waals surface area contributed by atoms with Crippen LogP contribution >= 0.6 is 0 Å². The number of carbonyl (C=O) groups is 2. The minimum atomic E-state index is -0.693. The molecule has 5 N–H and O–H groups in total. The van der Waals surface area contributed by atoms with Crippen molar-refractivity contribution in [3.63, 3.8) is 0 Å². The Kier molecular flexibility index (Phi) is 6.41. The van der Waals surface area contributed by atoms with E-state index in [1.54, 1.807) is 61.2 Å². The second-order valence-electron chi connectivity index (χ2n) is 9.54. The number of hydrogen-bond donors (Lipinski definition) is 5. The number of amides is 1. The van der Waals surface area contributed by atoms with Crippen LogP contribution in [0.15, 0.2) is 30.3 Å². The zero-order chi connectivity index (χ0) is 27.9. The molecule has 200 valence electrons. The topological polar surface area (TPSA) is 169 Å². The van der Waals surface area contributed by atoms with Crippen molar-refractivity contribution in [3.05, 3.63) is 47.3 Å². The van der Waals surface area contributed by atoms with E-state index in [0.717, 1.165) is 0 Å². The number of imidazole rings is 1. The van der Waals surface area contributed by atoms with Gasteiger partial charge in [0.2, 0.25) is 11.7 Å². The minimum Gasteiger partial charge on any atom is -0.371 e. The maximum Gasteiger partial charge on any atom is 0.247 e. The van der Waals surface area contributed by atoms with Crippen molar-refractivity contribution in [1.29, 1.82) is 5.26 Å². The maximum atomic E-state index is 13.6. The zero-order valence-electron chi connectivity index (χ0n) is 22.3. The smallest absolute Gasteiger partial charge is 0.247 e. The summed E-state index contributed by atoms with van der Waals surface area (Å²) in [5, 5.41) is 23.6. The molecule has 0 bridgehead atoms. The van der Waals surface area contributed by atoms with Crippen molar-refractivity contribution in [2.24, 2.45) is 0 Å². The molecule has 0 unspecified atom stereocenters. The lowest BCUT2D eigenvalue weighted by atomic mass is 9.97. The van der Waals surface area contributed by atoms with Gasteiger partial charge in [-0.2, -0.15) is 10.1 Å². The number of nitriles is 1. The molecular weight excluding hydrogens is 498 g/mol. The SMILES string of the molecule is CNc1nn(NC)c(NC)c1-c1cc(C(=O)c2nc3ccc(N4CCNC(C)(C)C4=O)nc3[nH]2)ccc1C#N. The molecule has 1 aliphatic rings. The van der Waals surface area contributed by atoms with Gasteiger partial charge in [-0.1, -0.05) is 0 Å². The molecule has 0 saturated carbocycles. The number of nitrogens with zero attached hydrogens (tertiary/aromatic N) is 6. The molecule has 3 aromatic heterocycles. The predicted molar refractivity (Wildman–Crippen MR) is 149 cm³/mol. The summed E-state index contributed by atoms with van der Waals surface area (Å²) in [4.78, 5) is 41.7. The molecule has 1 aromatic carbocycles. The summed E-state index contributed by atoms with van der Waals surface area (Å²) in [5.41, 5.74) is 5.07. The van der Waals surface area contributed by atoms with Gasteiger partial charge >= 0.3 is 0 Å². The number of H-pyrrole nitrogens is 1. The van der Waals surface area contributed by atoms with E-state index in [-0.39, 0.29) is 17.5 Å². The molecule has 13 nitrogen and oxygen atoms in total. The number of nitrogens with one attached hydrogen (secondary N) is 5. The second-order valence-corrected chi connectivity index (χ2v) is 9.54. The van der Waals surface area contributed by atoms with Gasteiger partial charge in [0.1, 0.15) is 11.3 Å². The van der Waals surface area contributed by atoms with E-state index in [2.05, 4.69) is 47.5 Å². The van der Waals surface area contributed by atoms with Crippen molar-refractivity contribution in [3.8, 4) is 17.2 Å². The average molecular weight is 528 g/mol. The molecule has 39 heavy (non-hydrogen) atoms. The lowest BCUT2D eigenvalue weighted by Gasteiger charge is -2.37. The van der Waals surface area contributed by atoms with Crippen LogP contribution in [-0.2, 0) is 4.79 Å². The van der Waals surface area contributed by atoms with Gasteiger partial charge in [0.25, 0.3) is 0 Å². The first-order chi connectivity index (χ1) is 18.7. The van der Waals surface area contributed by atoms with Crippen LogP contribution in [0.2, 0.25) is 0 Å². The summed E-state index contributed by atoms with van der Waals surface area (Å²) in [6.45, 7) is 4.80. The van der Waals surface area contributed by atoms with Gasteiger partial charge in [0.05, 0.1) is 22.7 Å². The van der Waals surface area contributed by atoms with Crippen molar-refractivity contribution in [1.82, 2.24) is 30.2 Å². The van der Waals surface area contributed by atoms with E-state index in [0.29, 0.717) is 64.0 Å². The van der Waals surface area contributed by atoms with Gasteiger partial charge in [-0.15, -0.1) is 5.10 Å². The molecule has 1 aliphatic heterocycles. The van der Waals surface area contributed by atoms with Crippen molar-refractivity contribution < 1.29 is 9.59 Å². The number of anilines is 3. The van der Waals surface area contributed by atoms with Crippen LogP contribution in [0.25, 0.3) is 22.3 Å². The Morgan fingerprint density at radius 2 is 1.92 bits per heavy atom. The Morgan fingerprint density at radius 3 is 2.62 bits per heavy atom. The number of pyridine rings is 1. The average Bonchev–Trinajstić information content (AvgIpc) is 3.54. The molecule has 4 heterocycles. The molecule has 1 saturated heterocycles. The largest absolute Gasteiger partial charge is 0.371 e. The van der Waals surface area contributed by atoms with E-state index < -0.39 is 5.54 Å². The highest BCUT2D eigenvalue weighted by atomic mass is 16.2. The third kappa shape index (κ3) is 4.30. The highest BCUT2D eigenvalue weighted by molar-refractivity contribution is 6.09. The fraction of sp³-hybridized carbons (Fsp3) is 0.308. The summed E-state index contributed by atoms with van der Waals surface area (Å²) >= 11 is 0. The first-order valence-electron chi connectivity index (χ1n) is 12.4. The normalized spacial score (nSPS) is 14.8. The summed E-state index contributed by atoms with van der Waals surface area (Å²) in [6, 6.07) is 10.5. The van der Waals surface area contributed by atoms with Crippen LogP contribution in [0.5, 0.6) is 0 Å². The molecule has 1 amide bonds. The van der Waals surface area contributed by atoms with Gasteiger partial charge in [-0.3, -0.25) is 14.5 Å². The van der Waals surface area contributed by atoms with Crippen LogP contribution in [-0.4, -0.2) is 76.3 Å². The van der Waals surface area contributed by atoms with Crippen molar-refractivity contribution in [2.45, 2.75) is 19.4 Å². The Balaban J connectivity index is 1.53. The Morgan fingerprint density at radius 1 is 1.13 bits per heavy atom. The third-order valence-corrected chi connectivity index (χ3v) is 6.74. The van der Waals surface area contributed by atoms with Crippen LogP contribution < -0.4 is 26.3 Å². The summed E-state index contributed by atoms with van der Waals surface area (Å²) < 4.78 is 0. The Bertz CT molecular complexity index is 1640. The fourth-order valence-electron chi connectivity index (χ4n) is 4.72. The fourth-order valence-corrected chi connectivity index (χ4v) is 4.72. The van der Waals surface area contributed by atoms with Gasteiger partial charge in [-0.05, 0) is 44.2 Å². The lowest BCUT2D eigenvalue weighted by molar-refractivity contribution is -0.125. The molecule has 0 radical (unpaired) electrons. The van der Waals surface area contributed by atoms with Crippen LogP contribution in [0.1, 0.15) is 35.6 Å². The highest BCUT2D eigenvalue weighted by Crippen LogP contribution is 2.37. The molecule has 5 rings (SSSR count). The van der Waals surface area contributed by atoms with Crippen LogP contribution in [0.4, 0.5) is 17.5 Å². The molecule has 4 aromatic rings. The summed E-state index contributed by atoms with van der Waals surface area (Å²) in [5.74, 6) is 1.30. The van der Waals surface area contributed by atoms with E-state index in [1.165, 1.54) is 0 Å². The van der Waals surface area contributed by atoms with Crippen molar-refractivity contribution in [2.75, 3.05) is 55.2 Å². The number of rotatable bonds is 7. The lowest BCUT2D eigenvalue weighted by Crippen LogP contribution is -2.61. The number of aromatic nitrogens is 5. The van der Waals surface area contributed by atoms with Crippen molar-refractivity contribution >= 4 is 40.3 Å². The number of hydrogen-bond acceptors (Lipinski definition) is 10. The van der Waals surface area contributed by atoms with Gasteiger partial charge in [0.15, 0.2) is 23.1 Å². The maximum absolute atomic E-state index is 13.6. The third-order valence-electron chi connectivity index (χ3n) is 6.74. The minimum absolute atomic E-state index is 0.0787. The molecule has 1 fully saturated rings. The molecule has 0 spiro atoms. The molecular formula is C26H29N11O2.